The Morgan fingerprint density at radius 3 is 0.967 bits per heavy atom. The average Bonchev–Trinajstić information content (AvgIpc) is 2.80. The molecule has 0 bridgehead atoms. The maximum atomic E-state index is 10.5. The van der Waals surface area contributed by atoms with E-state index in [0.717, 1.165) is 25.7 Å². The third kappa shape index (κ3) is 10.0. The first-order chi connectivity index (χ1) is 14.3. The Balaban J connectivity index is 0.000000225. The van der Waals surface area contributed by atoms with Gasteiger partial charge < -0.3 is 9.79 Å². The van der Waals surface area contributed by atoms with Crippen LogP contribution in [0.2, 0.25) is 0 Å². The molecule has 0 heterocycles. The Labute approximate surface area is 182 Å². The molecule has 3 rings (SSSR count). The van der Waals surface area contributed by atoms with Crippen molar-refractivity contribution in [1.82, 2.24) is 0 Å². The van der Waals surface area contributed by atoms with E-state index in [4.69, 9.17) is 9.79 Å². The van der Waals surface area contributed by atoms with Crippen LogP contribution in [0.4, 0.5) is 0 Å². The molecule has 0 aliphatic carbocycles. The van der Waals surface area contributed by atoms with Gasteiger partial charge in [0.25, 0.3) is 0 Å². The minimum Gasteiger partial charge on any atom is -0.321 e. The Morgan fingerprint density at radius 2 is 0.800 bits per heavy atom. The quantitative estimate of drug-likeness (QED) is 0.484. The molecule has 0 amide bonds. The molecule has 3 aromatic rings. The fourth-order valence-electron chi connectivity index (χ4n) is 2.64. The third-order valence-corrected chi connectivity index (χ3v) is 5.74. The van der Waals surface area contributed by atoms with Gasteiger partial charge in [-0.25, -0.2) is 0 Å². The molecule has 30 heavy (non-hydrogen) atoms. The Kier molecular flexibility index (Phi) is 12.0. The maximum Gasteiger partial charge on any atom is 0.356 e. The zero-order chi connectivity index (χ0) is 22.4. The molecule has 0 aliphatic heterocycles. The van der Waals surface area contributed by atoms with E-state index >= 15 is 0 Å². The third-order valence-electron chi connectivity index (χ3n) is 4.77. The fourth-order valence-corrected chi connectivity index (χ4v) is 3.20. The smallest absolute Gasteiger partial charge is 0.321 e. The zero-order valence-corrected chi connectivity index (χ0v) is 19.5. The van der Waals surface area contributed by atoms with Crippen LogP contribution in [-0.4, -0.2) is 9.79 Å². The van der Waals surface area contributed by atoms with Crippen LogP contribution < -0.4 is 5.30 Å². The summed E-state index contributed by atoms with van der Waals surface area (Å²) in [7, 11) is -4.02. The van der Waals surface area contributed by atoms with Crippen LogP contribution >= 0.6 is 7.60 Å². The van der Waals surface area contributed by atoms with Gasteiger partial charge in [-0.15, -0.1) is 0 Å². The van der Waals surface area contributed by atoms with Crippen LogP contribution in [0.5, 0.6) is 0 Å². The first kappa shape index (κ1) is 25.8. The van der Waals surface area contributed by atoms with E-state index in [1.165, 1.54) is 34.4 Å². The molecule has 0 fully saturated rings. The van der Waals surface area contributed by atoms with Crippen LogP contribution in [0.1, 0.15) is 49.9 Å². The SMILES string of the molecule is CCc1ccc(CC)cc1.CCc1ccc(CC)cc1.O=P(O)(O)c1ccccc1. The summed E-state index contributed by atoms with van der Waals surface area (Å²) >= 11 is 0. The van der Waals surface area contributed by atoms with Gasteiger partial charge in [-0.1, -0.05) is 94.4 Å². The molecule has 0 unspecified atom stereocenters. The predicted octanol–water partition coefficient (Wildman–Crippen LogP) is 6.11. The van der Waals surface area contributed by atoms with Crippen molar-refractivity contribution in [3.05, 3.63) is 101 Å². The lowest BCUT2D eigenvalue weighted by Crippen LogP contribution is -2.01. The highest BCUT2D eigenvalue weighted by Crippen LogP contribution is 2.32. The summed E-state index contributed by atoms with van der Waals surface area (Å²) in [4.78, 5) is 17.2. The number of hydrogen-bond donors (Lipinski definition) is 2. The van der Waals surface area contributed by atoms with Gasteiger partial charge in [0.1, 0.15) is 0 Å². The monoisotopic (exact) mass is 426 g/mol. The molecule has 2 N–H and O–H groups in total. The Hall–Kier alpha value is -2.19. The van der Waals surface area contributed by atoms with Crippen molar-refractivity contribution < 1.29 is 14.4 Å². The molecule has 0 radical (unpaired) electrons. The number of aryl methyl sites for hydroxylation is 4. The van der Waals surface area contributed by atoms with Crippen molar-refractivity contribution in [2.24, 2.45) is 0 Å². The summed E-state index contributed by atoms with van der Waals surface area (Å²) in [5, 5.41) is 0.0648. The molecule has 162 valence electrons. The van der Waals surface area contributed by atoms with E-state index in [1.54, 1.807) is 18.2 Å². The van der Waals surface area contributed by atoms with Crippen LogP contribution in [0.15, 0.2) is 78.9 Å². The van der Waals surface area contributed by atoms with Crippen LogP contribution in [-0.2, 0) is 30.2 Å². The summed E-state index contributed by atoms with van der Waals surface area (Å²) in [6, 6.07) is 25.4. The molecule has 0 saturated carbocycles. The molecular formula is C26H35O3P. The van der Waals surface area contributed by atoms with Gasteiger partial charge in [0, 0.05) is 0 Å². The minimum absolute atomic E-state index is 0.0648. The average molecular weight is 427 g/mol. The highest BCUT2D eigenvalue weighted by atomic mass is 31.2. The van der Waals surface area contributed by atoms with Crippen LogP contribution in [0.3, 0.4) is 0 Å². The van der Waals surface area contributed by atoms with Crippen LogP contribution in [0, 0.1) is 0 Å². The van der Waals surface area contributed by atoms with Crippen molar-refractivity contribution in [2.45, 2.75) is 53.4 Å². The summed E-state index contributed by atoms with van der Waals surface area (Å²) in [6.07, 6.45) is 4.57. The van der Waals surface area contributed by atoms with Crippen molar-refractivity contribution in [2.75, 3.05) is 0 Å². The Morgan fingerprint density at radius 1 is 0.533 bits per heavy atom. The number of hydrogen-bond acceptors (Lipinski definition) is 1. The van der Waals surface area contributed by atoms with Crippen molar-refractivity contribution >= 4 is 12.9 Å². The van der Waals surface area contributed by atoms with Crippen molar-refractivity contribution in [1.29, 1.82) is 0 Å². The predicted molar refractivity (Wildman–Crippen MR) is 129 cm³/mol. The molecule has 0 saturated heterocycles. The van der Waals surface area contributed by atoms with E-state index in [2.05, 4.69) is 76.2 Å². The van der Waals surface area contributed by atoms with E-state index < -0.39 is 7.60 Å². The first-order valence-electron chi connectivity index (χ1n) is 10.6. The second-order valence-electron chi connectivity index (χ2n) is 6.93. The van der Waals surface area contributed by atoms with E-state index in [0.29, 0.717) is 0 Å². The molecular weight excluding hydrogens is 391 g/mol. The summed E-state index contributed by atoms with van der Waals surface area (Å²) in [5.74, 6) is 0. The minimum atomic E-state index is -4.02. The fraction of sp³-hybridized carbons (Fsp3) is 0.308. The van der Waals surface area contributed by atoms with Gasteiger partial charge in [-0.05, 0) is 60.1 Å². The summed E-state index contributed by atoms with van der Waals surface area (Å²) in [6.45, 7) is 8.73. The molecule has 3 nitrogen and oxygen atoms in total. The summed E-state index contributed by atoms with van der Waals surface area (Å²) in [5.41, 5.74) is 5.71. The number of rotatable bonds is 5. The van der Waals surface area contributed by atoms with Gasteiger partial charge in [-0.2, -0.15) is 0 Å². The largest absolute Gasteiger partial charge is 0.356 e. The zero-order valence-electron chi connectivity index (χ0n) is 18.6. The molecule has 0 aliphatic rings. The van der Waals surface area contributed by atoms with Gasteiger partial charge in [0.15, 0.2) is 0 Å². The van der Waals surface area contributed by atoms with Crippen molar-refractivity contribution in [3.63, 3.8) is 0 Å². The van der Waals surface area contributed by atoms with E-state index in [9.17, 15) is 4.57 Å². The van der Waals surface area contributed by atoms with Gasteiger partial charge in [0.05, 0.1) is 5.30 Å². The summed E-state index contributed by atoms with van der Waals surface area (Å²) < 4.78 is 10.5. The highest BCUT2D eigenvalue weighted by molar-refractivity contribution is 7.60. The Bertz CT molecular complexity index is 773. The molecule has 0 atom stereocenters. The topological polar surface area (TPSA) is 57.5 Å². The molecule has 4 heteroatoms. The molecule has 0 spiro atoms. The normalized spacial score (nSPS) is 10.3. The van der Waals surface area contributed by atoms with E-state index in [-0.39, 0.29) is 5.30 Å². The standard InChI is InChI=1S/2C10H14.C6H7O3P/c2*1-3-9-5-7-10(4-2)8-6-9;7-10(8,9)6-4-2-1-3-5-6/h2*5-8H,3-4H2,1-2H3;1-5H,(H2,7,8,9). The van der Waals surface area contributed by atoms with Crippen LogP contribution in [0.25, 0.3) is 0 Å². The number of benzene rings is 3. The lowest BCUT2D eigenvalue weighted by atomic mass is 10.1. The lowest BCUT2D eigenvalue weighted by molar-refractivity contribution is 0.387. The van der Waals surface area contributed by atoms with Gasteiger partial charge in [0.2, 0.25) is 0 Å². The first-order valence-corrected chi connectivity index (χ1v) is 12.2. The van der Waals surface area contributed by atoms with Gasteiger partial charge >= 0.3 is 7.60 Å². The van der Waals surface area contributed by atoms with Crippen molar-refractivity contribution in [3.8, 4) is 0 Å². The lowest BCUT2D eigenvalue weighted by Gasteiger charge is -2.00. The molecule has 3 aromatic carbocycles. The van der Waals surface area contributed by atoms with E-state index in [1.807, 2.05) is 0 Å². The second kappa shape index (κ2) is 13.9. The second-order valence-corrected chi connectivity index (χ2v) is 8.53. The molecule has 0 aromatic heterocycles. The maximum absolute atomic E-state index is 10.5. The highest BCUT2D eigenvalue weighted by Gasteiger charge is 2.14. The van der Waals surface area contributed by atoms with Gasteiger partial charge in [-0.3, -0.25) is 4.57 Å².